The molecule has 3 aliphatic rings. The normalized spacial score (nSPS) is 28.6. The minimum Gasteiger partial charge on any atom is -0.496 e. The molecule has 0 saturated carbocycles. The summed E-state index contributed by atoms with van der Waals surface area (Å²) in [5.74, 6) is 1.57. The number of nitrogens with zero attached hydrogens (tertiary/aromatic N) is 2. The van der Waals surface area contributed by atoms with Gasteiger partial charge in [-0.25, -0.2) is 0 Å². The van der Waals surface area contributed by atoms with Gasteiger partial charge in [0.05, 0.1) is 12.7 Å². The summed E-state index contributed by atoms with van der Waals surface area (Å²) in [4.78, 5) is 29.3. The van der Waals surface area contributed by atoms with E-state index in [0.717, 1.165) is 32.4 Å². The Morgan fingerprint density at radius 1 is 1.28 bits per heavy atom. The number of piperidine rings is 3. The Kier molecular flexibility index (Phi) is 4.36. The summed E-state index contributed by atoms with van der Waals surface area (Å²) in [6, 6.07) is 5.45. The SMILES string of the molecule is COc1cc(Cl)ccc1C(=O)N1CC2CC(C1)[C@H]1CCCC(=O)N1C2. The van der Waals surface area contributed by atoms with E-state index >= 15 is 0 Å². The molecule has 4 rings (SSSR count). The number of carbonyl (C=O) groups excluding carboxylic acids is 2. The van der Waals surface area contributed by atoms with Crippen LogP contribution in [0.5, 0.6) is 5.75 Å². The lowest BCUT2D eigenvalue weighted by Crippen LogP contribution is -2.61. The monoisotopic (exact) mass is 362 g/mol. The van der Waals surface area contributed by atoms with Crippen LogP contribution in [0.25, 0.3) is 0 Å². The Labute approximate surface area is 152 Å². The average molecular weight is 363 g/mol. The molecule has 0 spiro atoms. The fraction of sp³-hybridized carbons (Fsp3) is 0.579. The van der Waals surface area contributed by atoms with Crippen LogP contribution in [0.15, 0.2) is 18.2 Å². The van der Waals surface area contributed by atoms with Crippen molar-refractivity contribution in [2.45, 2.75) is 31.7 Å². The smallest absolute Gasteiger partial charge is 0.257 e. The topological polar surface area (TPSA) is 49.9 Å². The fourth-order valence-electron chi connectivity index (χ4n) is 4.79. The number of hydrogen-bond acceptors (Lipinski definition) is 3. The van der Waals surface area contributed by atoms with Crippen molar-refractivity contribution in [3.63, 3.8) is 0 Å². The number of carbonyl (C=O) groups is 2. The summed E-state index contributed by atoms with van der Waals surface area (Å²) in [6.07, 6.45) is 3.84. The summed E-state index contributed by atoms with van der Waals surface area (Å²) in [7, 11) is 1.55. The molecule has 2 amide bonds. The van der Waals surface area contributed by atoms with Crippen LogP contribution in [0.4, 0.5) is 0 Å². The van der Waals surface area contributed by atoms with Crippen molar-refractivity contribution in [3.05, 3.63) is 28.8 Å². The number of rotatable bonds is 2. The first kappa shape index (κ1) is 16.7. The molecule has 6 heteroatoms. The second kappa shape index (κ2) is 6.52. The predicted octanol–water partition coefficient (Wildman–Crippen LogP) is 2.82. The number of amides is 2. The molecule has 3 aliphatic heterocycles. The molecule has 1 aromatic carbocycles. The molecule has 134 valence electrons. The zero-order chi connectivity index (χ0) is 17.6. The zero-order valence-corrected chi connectivity index (χ0v) is 15.2. The van der Waals surface area contributed by atoms with Gasteiger partial charge in [-0.3, -0.25) is 9.59 Å². The minimum absolute atomic E-state index is 0.00111. The van der Waals surface area contributed by atoms with Crippen molar-refractivity contribution in [2.24, 2.45) is 11.8 Å². The third kappa shape index (κ3) is 2.99. The number of fused-ring (bicyclic) bond motifs is 4. The number of hydrogen-bond donors (Lipinski definition) is 0. The second-order valence-electron chi connectivity index (χ2n) is 7.42. The molecule has 3 fully saturated rings. The quantitative estimate of drug-likeness (QED) is 0.812. The Morgan fingerprint density at radius 3 is 2.92 bits per heavy atom. The standard InChI is InChI=1S/C19H23ClN2O3/c1-25-17-8-14(20)5-6-15(17)19(24)21-9-12-7-13(11-21)16-3-2-4-18(23)22(16)10-12/h5-6,8,12-13,16H,2-4,7,9-11H2,1H3/t12?,13?,16-/m1/s1. The lowest BCUT2D eigenvalue weighted by molar-refractivity contribution is -0.144. The summed E-state index contributed by atoms with van der Waals surface area (Å²) < 4.78 is 5.35. The van der Waals surface area contributed by atoms with E-state index in [0.29, 0.717) is 53.1 Å². The highest BCUT2D eigenvalue weighted by Gasteiger charge is 2.45. The van der Waals surface area contributed by atoms with Crippen molar-refractivity contribution in [1.29, 1.82) is 0 Å². The first-order valence-electron chi connectivity index (χ1n) is 8.99. The molecule has 3 saturated heterocycles. The van der Waals surface area contributed by atoms with Crippen LogP contribution in [0.2, 0.25) is 5.02 Å². The number of likely N-dealkylation sites (tertiary alicyclic amines) is 1. The van der Waals surface area contributed by atoms with Gasteiger partial charge in [-0.2, -0.15) is 0 Å². The number of halogens is 1. The summed E-state index contributed by atoms with van der Waals surface area (Å²) in [5, 5.41) is 0.556. The molecule has 0 N–H and O–H groups in total. The van der Waals surface area contributed by atoms with Gasteiger partial charge in [-0.15, -0.1) is 0 Å². The Morgan fingerprint density at radius 2 is 2.12 bits per heavy atom. The lowest BCUT2D eigenvalue weighted by atomic mass is 9.76. The fourth-order valence-corrected chi connectivity index (χ4v) is 4.95. The zero-order valence-electron chi connectivity index (χ0n) is 14.4. The number of methoxy groups -OCH3 is 1. The maximum absolute atomic E-state index is 13.1. The first-order valence-corrected chi connectivity index (χ1v) is 9.37. The van der Waals surface area contributed by atoms with Gasteiger partial charge in [-0.05, 0) is 49.3 Å². The minimum atomic E-state index is -0.00111. The molecule has 25 heavy (non-hydrogen) atoms. The van der Waals surface area contributed by atoms with Gasteiger partial charge in [0.2, 0.25) is 5.91 Å². The largest absolute Gasteiger partial charge is 0.496 e. The highest BCUT2D eigenvalue weighted by Crippen LogP contribution is 2.38. The van der Waals surface area contributed by atoms with E-state index in [1.165, 1.54) is 0 Å². The van der Waals surface area contributed by atoms with Crippen LogP contribution in [0.3, 0.4) is 0 Å². The van der Waals surface area contributed by atoms with Gasteiger partial charge in [0.1, 0.15) is 5.75 Å². The van der Waals surface area contributed by atoms with Crippen LogP contribution in [-0.2, 0) is 4.79 Å². The molecule has 0 aromatic heterocycles. The number of benzene rings is 1. The molecule has 2 bridgehead atoms. The van der Waals surface area contributed by atoms with Crippen molar-refractivity contribution >= 4 is 23.4 Å². The first-order chi connectivity index (χ1) is 12.1. The van der Waals surface area contributed by atoms with Crippen LogP contribution < -0.4 is 4.74 Å². The molecular formula is C19H23ClN2O3. The second-order valence-corrected chi connectivity index (χ2v) is 7.86. The Hall–Kier alpha value is -1.75. The van der Waals surface area contributed by atoms with Crippen LogP contribution in [0.1, 0.15) is 36.0 Å². The van der Waals surface area contributed by atoms with Gasteiger partial charge in [0, 0.05) is 37.1 Å². The highest BCUT2D eigenvalue weighted by molar-refractivity contribution is 6.30. The van der Waals surface area contributed by atoms with E-state index in [-0.39, 0.29) is 5.91 Å². The molecule has 0 radical (unpaired) electrons. The molecule has 3 atom stereocenters. The Bertz CT molecular complexity index is 708. The molecule has 3 heterocycles. The van der Waals surface area contributed by atoms with E-state index < -0.39 is 0 Å². The maximum atomic E-state index is 13.1. The highest BCUT2D eigenvalue weighted by atomic mass is 35.5. The average Bonchev–Trinajstić information content (AvgIpc) is 2.62. The van der Waals surface area contributed by atoms with Gasteiger partial charge < -0.3 is 14.5 Å². The van der Waals surface area contributed by atoms with E-state index in [1.807, 2.05) is 4.90 Å². The van der Waals surface area contributed by atoms with Crippen molar-refractivity contribution in [1.82, 2.24) is 9.80 Å². The van der Waals surface area contributed by atoms with Crippen LogP contribution in [0, 0.1) is 11.8 Å². The van der Waals surface area contributed by atoms with Crippen LogP contribution in [-0.4, -0.2) is 54.4 Å². The molecular weight excluding hydrogens is 340 g/mol. The maximum Gasteiger partial charge on any atom is 0.257 e. The summed E-state index contributed by atoms with van der Waals surface area (Å²) in [5.41, 5.74) is 0.559. The summed E-state index contributed by atoms with van der Waals surface area (Å²) >= 11 is 6.01. The molecule has 2 unspecified atom stereocenters. The van der Waals surface area contributed by atoms with Gasteiger partial charge in [-0.1, -0.05) is 11.6 Å². The number of ether oxygens (including phenoxy) is 1. The van der Waals surface area contributed by atoms with Crippen molar-refractivity contribution in [3.8, 4) is 5.75 Å². The summed E-state index contributed by atoms with van der Waals surface area (Å²) in [6.45, 7) is 2.22. The molecule has 0 aliphatic carbocycles. The van der Waals surface area contributed by atoms with Crippen molar-refractivity contribution in [2.75, 3.05) is 26.7 Å². The lowest BCUT2D eigenvalue weighted by Gasteiger charge is -2.52. The Balaban J connectivity index is 1.55. The molecule has 5 nitrogen and oxygen atoms in total. The van der Waals surface area contributed by atoms with Crippen molar-refractivity contribution < 1.29 is 14.3 Å². The van der Waals surface area contributed by atoms with E-state index in [4.69, 9.17) is 16.3 Å². The third-order valence-electron chi connectivity index (χ3n) is 5.86. The van der Waals surface area contributed by atoms with E-state index in [9.17, 15) is 9.59 Å². The van der Waals surface area contributed by atoms with E-state index in [1.54, 1.807) is 25.3 Å². The van der Waals surface area contributed by atoms with Crippen LogP contribution >= 0.6 is 11.6 Å². The predicted molar refractivity (Wildman–Crippen MR) is 94.9 cm³/mol. The molecule has 1 aromatic rings. The third-order valence-corrected chi connectivity index (χ3v) is 6.10. The van der Waals surface area contributed by atoms with Gasteiger partial charge >= 0.3 is 0 Å². The van der Waals surface area contributed by atoms with Gasteiger partial charge in [0.15, 0.2) is 0 Å². The van der Waals surface area contributed by atoms with E-state index in [2.05, 4.69) is 4.90 Å². The van der Waals surface area contributed by atoms with Gasteiger partial charge in [0.25, 0.3) is 5.91 Å².